The van der Waals surface area contributed by atoms with Crippen molar-refractivity contribution in [2.75, 3.05) is 24.3 Å². The zero-order chi connectivity index (χ0) is 23.4. The lowest BCUT2D eigenvalue weighted by Gasteiger charge is -2.17. The van der Waals surface area contributed by atoms with Crippen molar-refractivity contribution in [1.29, 1.82) is 0 Å². The molecule has 1 aromatic heterocycles. The van der Waals surface area contributed by atoms with Crippen LogP contribution >= 0.6 is 11.6 Å². The van der Waals surface area contributed by atoms with Crippen molar-refractivity contribution >= 4 is 35.0 Å². The first kappa shape index (κ1) is 23.1. The summed E-state index contributed by atoms with van der Waals surface area (Å²) in [5, 5.41) is 2.64. The summed E-state index contributed by atoms with van der Waals surface area (Å²) in [6.07, 6.45) is 0.332. The fourth-order valence-corrected chi connectivity index (χ4v) is 3.02. The summed E-state index contributed by atoms with van der Waals surface area (Å²) in [5.41, 5.74) is 1.30. The van der Waals surface area contributed by atoms with E-state index in [-0.39, 0.29) is 16.5 Å². The lowest BCUT2D eigenvalue weighted by atomic mass is 10.1. The number of carbonyl (C=O) groups excluding carboxylic acids is 2. The van der Waals surface area contributed by atoms with E-state index in [1.54, 1.807) is 43.3 Å². The van der Waals surface area contributed by atoms with Crippen molar-refractivity contribution < 1.29 is 23.1 Å². The Labute approximate surface area is 188 Å². The van der Waals surface area contributed by atoms with E-state index in [2.05, 4.69) is 15.3 Å². The van der Waals surface area contributed by atoms with Gasteiger partial charge in [0.25, 0.3) is 5.91 Å². The summed E-state index contributed by atoms with van der Waals surface area (Å²) in [6.45, 7) is 1.26. The van der Waals surface area contributed by atoms with Gasteiger partial charge in [0.15, 0.2) is 22.6 Å². The van der Waals surface area contributed by atoms with Crippen LogP contribution in [-0.4, -0.2) is 35.9 Å². The summed E-state index contributed by atoms with van der Waals surface area (Å²) in [5.74, 6) is -2.35. The van der Waals surface area contributed by atoms with Crippen LogP contribution in [0.3, 0.4) is 0 Å². The Bertz CT molecular complexity index is 1170. The Morgan fingerprint density at radius 1 is 1.06 bits per heavy atom. The second-order valence-electron chi connectivity index (χ2n) is 7.03. The monoisotopic (exact) mass is 460 g/mol. The van der Waals surface area contributed by atoms with Crippen molar-refractivity contribution in [3.63, 3.8) is 0 Å². The molecular formula is C22H19ClF2N4O3. The molecule has 0 spiro atoms. The van der Waals surface area contributed by atoms with Gasteiger partial charge in [-0.3, -0.25) is 9.59 Å². The van der Waals surface area contributed by atoms with Crippen molar-refractivity contribution in [3.8, 4) is 5.75 Å². The summed E-state index contributed by atoms with van der Waals surface area (Å²) >= 11 is 6.20. The lowest BCUT2D eigenvalue weighted by molar-refractivity contribution is -0.131. The molecule has 0 aliphatic carbocycles. The molecule has 32 heavy (non-hydrogen) atoms. The smallest absolute Gasteiger partial charge is 0.308 e. The molecule has 0 aliphatic heterocycles. The van der Waals surface area contributed by atoms with E-state index < -0.39 is 23.5 Å². The number of halogens is 3. The standard InChI is InChI=1S/C22H19ClF2N4O3/c1-12(30)32-19-20(23)27-18(28-21(19)29(2)3)10-13-4-7-15(8-5-13)26-22(31)14-6-9-16(24)17(25)11-14/h4-9,11H,10H2,1-3H3,(H,26,31). The summed E-state index contributed by atoms with van der Waals surface area (Å²) in [6, 6.07) is 9.77. The predicted molar refractivity (Wildman–Crippen MR) is 116 cm³/mol. The van der Waals surface area contributed by atoms with Crippen LogP contribution in [-0.2, 0) is 11.2 Å². The molecule has 1 amide bonds. The molecule has 0 aliphatic rings. The van der Waals surface area contributed by atoms with Gasteiger partial charge in [0, 0.05) is 38.7 Å². The minimum Gasteiger partial charge on any atom is -0.419 e. The molecule has 3 aromatic rings. The van der Waals surface area contributed by atoms with Crippen LogP contribution in [0.1, 0.15) is 28.7 Å². The van der Waals surface area contributed by atoms with Gasteiger partial charge >= 0.3 is 5.97 Å². The molecule has 0 atom stereocenters. The third-order valence-electron chi connectivity index (χ3n) is 4.28. The molecule has 10 heteroatoms. The second-order valence-corrected chi connectivity index (χ2v) is 7.39. The van der Waals surface area contributed by atoms with E-state index in [9.17, 15) is 18.4 Å². The zero-order valence-corrected chi connectivity index (χ0v) is 18.2. The van der Waals surface area contributed by atoms with Crippen LogP contribution in [0.5, 0.6) is 5.75 Å². The maximum atomic E-state index is 13.3. The van der Waals surface area contributed by atoms with Crippen molar-refractivity contribution in [1.82, 2.24) is 9.97 Å². The van der Waals surface area contributed by atoms with Gasteiger partial charge in [-0.2, -0.15) is 0 Å². The van der Waals surface area contributed by atoms with Gasteiger partial charge in [0.1, 0.15) is 5.82 Å². The second kappa shape index (κ2) is 9.69. The van der Waals surface area contributed by atoms with Crippen LogP contribution in [0.2, 0.25) is 5.15 Å². The van der Waals surface area contributed by atoms with E-state index in [0.29, 0.717) is 23.8 Å². The van der Waals surface area contributed by atoms with Crippen LogP contribution < -0.4 is 15.0 Å². The number of nitrogens with one attached hydrogen (secondary N) is 1. The molecule has 0 saturated carbocycles. The van der Waals surface area contributed by atoms with Gasteiger partial charge in [-0.25, -0.2) is 18.7 Å². The lowest BCUT2D eigenvalue weighted by Crippen LogP contribution is -2.16. The van der Waals surface area contributed by atoms with E-state index in [1.165, 1.54) is 13.0 Å². The SMILES string of the molecule is CC(=O)Oc1c(Cl)nc(Cc2ccc(NC(=O)c3ccc(F)c(F)c3)cc2)nc1N(C)C. The molecule has 0 saturated heterocycles. The zero-order valence-electron chi connectivity index (χ0n) is 17.4. The number of rotatable bonds is 6. The van der Waals surface area contributed by atoms with Gasteiger partial charge in [-0.05, 0) is 35.9 Å². The van der Waals surface area contributed by atoms with Gasteiger partial charge in [0.05, 0.1) is 0 Å². The van der Waals surface area contributed by atoms with Crippen molar-refractivity contribution in [2.45, 2.75) is 13.3 Å². The van der Waals surface area contributed by atoms with Crippen LogP contribution in [0.4, 0.5) is 20.3 Å². The predicted octanol–water partition coefficient (Wildman–Crippen LogP) is 4.24. The first-order valence-corrected chi connectivity index (χ1v) is 9.79. The highest BCUT2D eigenvalue weighted by Gasteiger charge is 2.18. The number of nitrogens with zero attached hydrogens (tertiary/aromatic N) is 3. The van der Waals surface area contributed by atoms with E-state index in [1.807, 2.05) is 0 Å². The fourth-order valence-electron chi connectivity index (χ4n) is 2.80. The molecule has 7 nitrogen and oxygen atoms in total. The number of hydrogen-bond acceptors (Lipinski definition) is 6. The number of amides is 1. The quantitative estimate of drug-likeness (QED) is 0.437. The third-order valence-corrected chi connectivity index (χ3v) is 4.53. The number of esters is 1. The molecule has 166 valence electrons. The molecule has 1 heterocycles. The molecule has 0 unspecified atom stereocenters. The van der Waals surface area contributed by atoms with Crippen molar-refractivity contribution in [2.24, 2.45) is 0 Å². The average molecular weight is 461 g/mol. The Hall–Kier alpha value is -3.59. The molecule has 1 N–H and O–H groups in total. The summed E-state index contributed by atoms with van der Waals surface area (Å²) in [4.78, 5) is 33.8. The Morgan fingerprint density at radius 3 is 2.34 bits per heavy atom. The van der Waals surface area contributed by atoms with Gasteiger partial charge in [0.2, 0.25) is 5.75 Å². The van der Waals surface area contributed by atoms with E-state index >= 15 is 0 Å². The number of hydrogen-bond donors (Lipinski definition) is 1. The van der Waals surface area contributed by atoms with E-state index in [4.69, 9.17) is 16.3 Å². The Morgan fingerprint density at radius 2 is 1.75 bits per heavy atom. The maximum absolute atomic E-state index is 13.3. The summed E-state index contributed by atoms with van der Waals surface area (Å²) < 4.78 is 31.5. The number of aromatic nitrogens is 2. The molecule has 0 bridgehead atoms. The Kier molecular flexibility index (Phi) is 6.99. The number of anilines is 2. The molecule has 0 fully saturated rings. The van der Waals surface area contributed by atoms with E-state index in [0.717, 1.165) is 17.7 Å². The highest BCUT2D eigenvalue weighted by Crippen LogP contribution is 2.32. The van der Waals surface area contributed by atoms with Gasteiger partial charge in [-0.1, -0.05) is 23.7 Å². The molecule has 2 aromatic carbocycles. The highest BCUT2D eigenvalue weighted by atomic mass is 35.5. The summed E-state index contributed by atoms with van der Waals surface area (Å²) in [7, 11) is 3.47. The molecule has 0 radical (unpaired) electrons. The normalized spacial score (nSPS) is 10.6. The number of ether oxygens (including phenoxy) is 1. The minimum atomic E-state index is -1.09. The Balaban J connectivity index is 1.74. The van der Waals surface area contributed by atoms with Gasteiger partial charge < -0.3 is 15.0 Å². The minimum absolute atomic E-state index is 0.0000952. The topological polar surface area (TPSA) is 84.4 Å². The third kappa shape index (κ3) is 5.55. The fraction of sp³-hybridized carbons (Fsp3) is 0.182. The number of carbonyl (C=O) groups is 2. The van der Waals surface area contributed by atoms with Crippen LogP contribution in [0.25, 0.3) is 0 Å². The van der Waals surface area contributed by atoms with Crippen LogP contribution in [0.15, 0.2) is 42.5 Å². The highest BCUT2D eigenvalue weighted by molar-refractivity contribution is 6.31. The largest absolute Gasteiger partial charge is 0.419 e. The van der Waals surface area contributed by atoms with Crippen LogP contribution in [0, 0.1) is 11.6 Å². The van der Waals surface area contributed by atoms with Gasteiger partial charge in [-0.15, -0.1) is 0 Å². The first-order valence-electron chi connectivity index (χ1n) is 9.41. The number of benzene rings is 2. The van der Waals surface area contributed by atoms with Crippen molar-refractivity contribution in [3.05, 3.63) is 76.2 Å². The average Bonchev–Trinajstić information content (AvgIpc) is 2.72. The maximum Gasteiger partial charge on any atom is 0.308 e. The first-order chi connectivity index (χ1) is 15.1. The molecule has 3 rings (SSSR count). The molecular weight excluding hydrogens is 442 g/mol.